The quantitative estimate of drug-likeness (QED) is 0.649. The minimum absolute atomic E-state index is 0.149. The molecule has 0 aromatic carbocycles. The van der Waals surface area contributed by atoms with Gasteiger partial charge in [0.1, 0.15) is 11.7 Å². The molecule has 0 bridgehead atoms. The molecule has 0 atom stereocenters. The second-order valence-corrected chi connectivity index (χ2v) is 7.24. The number of aryl methyl sites for hydroxylation is 2. The highest BCUT2D eigenvalue weighted by Gasteiger charge is 2.28. The lowest BCUT2D eigenvalue weighted by atomic mass is 9.82. The summed E-state index contributed by atoms with van der Waals surface area (Å²) in [5, 5.41) is 7.90. The molecule has 3 rings (SSSR count). The average molecular weight is 286 g/mol. The van der Waals surface area contributed by atoms with Gasteiger partial charge in [0.15, 0.2) is 0 Å². The van der Waals surface area contributed by atoms with Gasteiger partial charge in [-0.25, -0.2) is 4.98 Å². The molecule has 0 amide bonds. The van der Waals surface area contributed by atoms with E-state index in [1.54, 1.807) is 0 Å². The van der Waals surface area contributed by atoms with Crippen LogP contribution in [0.2, 0.25) is 0 Å². The molecular weight excluding hydrogens is 260 g/mol. The summed E-state index contributed by atoms with van der Waals surface area (Å²) in [5.41, 5.74) is 9.60. The molecule has 0 spiro atoms. The van der Waals surface area contributed by atoms with Gasteiger partial charge >= 0.3 is 0 Å². The molecule has 114 valence electrons. The first-order valence-corrected chi connectivity index (χ1v) is 8.08. The molecule has 1 aromatic heterocycles. The van der Waals surface area contributed by atoms with Crippen LogP contribution in [0.15, 0.2) is 6.07 Å². The normalized spacial score (nSPS) is 21.0. The van der Waals surface area contributed by atoms with Crippen LogP contribution in [-0.2, 0) is 12.8 Å². The molecule has 1 fully saturated rings. The standard InChI is InChI=1S/C17H26N4/c1-17(2)7-9-21(10-8-17)16-13(15(18)19)11-12-5-3-4-6-14(12)20-16/h11H,3-10H2,1-2H3,(H3,18,19). The van der Waals surface area contributed by atoms with Gasteiger partial charge in [0.25, 0.3) is 0 Å². The largest absolute Gasteiger partial charge is 0.384 e. The number of fused-ring (bicyclic) bond motifs is 1. The van der Waals surface area contributed by atoms with Crippen molar-refractivity contribution in [2.45, 2.75) is 52.4 Å². The van der Waals surface area contributed by atoms with E-state index in [9.17, 15) is 0 Å². The average Bonchev–Trinajstić information content (AvgIpc) is 2.46. The van der Waals surface area contributed by atoms with Gasteiger partial charge < -0.3 is 10.6 Å². The summed E-state index contributed by atoms with van der Waals surface area (Å²) in [6.07, 6.45) is 6.94. The molecule has 0 radical (unpaired) electrons. The van der Waals surface area contributed by atoms with Crippen LogP contribution in [0, 0.1) is 10.8 Å². The molecule has 4 heteroatoms. The Morgan fingerprint density at radius 3 is 2.57 bits per heavy atom. The molecule has 2 aliphatic rings. The zero-order valence-electron chi connectivity index (χ0n) is 13.2. The van der Waals surface area contributed by atoms with E-state index < -0.39 is 0 Å². The number of amidine groups is 1. The van der Waals surface area contributed by atoms with Crippen molar-refractivity contribution in [1.82, 2.24) is 4.98 Å². The number of nitrogens with two attached hydrogens (primary N) is 1. The third-order valence-electron chi connectivity index (χ3n) is 4.99. The Kier molecular flexibility index (Phi) is 3.64. The molecule has 1 saturated heterocycles. The molecule has 3 N–H and O–H groups in total. The van der Waals surface area contributed by atoms with Gasteiger partial charge in [-0.05, 0) is 55.6 Å². The number of rotatable bonds is 2. The zero-order chi connectivity index (χ0) is 15.0. The van der Waals surface area contributed by atoms with Crippen LogP contribution in [0.5, 0.6) is 0 Å². The lowest BCUT2D eigenvalue weighted by molar-refractivity contribution is 0.279. The summed E-state index contributed by atoms with van der Waals surface area (Å²) in [4.78, 5) is 7.24. The minimum atomic E-state index is 0.149. The van der Waals surface area contributed by atoms with E-state index in [0.717, 1.165) is 37.3 Å². The highest BCUT2D eigenvalue weighted by molar-refractivity contribution is 5.99. The van der Waals surface area contributed by atoms with E-state index in [1.165, 1.54) is 36.9 Å². The number of pyridine rings is 1. The number of nitrogen functional groups attached to an aromatic ring is 1. The van der Waals surface area contributed by atoms with Crippen molar-refractivity contribution >= 4 is 11.7 Å². The van der Waals surface area contributed by atoms with Crippen LogP contribution >= 0.6 is 0 Å². The predicted octanol–water partition coefficient (Wildman–Crippen LogP) is 2.87. The smallest absolute Gasteiger partial charge is 0.139 e. The Labute approximate surface area is 127 Å². The fraction of sp³-hybridized carbons (Fsp3) is 0.647. The van der Waals surface area contributed by atoms with Gasteiger partial charge in [-0.15, -0.1) is 0 Å². The first-order chi connectivity index (χ1) is 9.96. The number of nitrogens with zero attached hydrogens (tertiary/aromatic N) is 2. The number of nitrogens with one attached hydrogen (secondary N) is 1. The Hall–Kier alpha value is -1.58. The maximum atomic E-state index is 7.90. The van der Waals surface area contributed by atoms with Crippen molar-refractivity contribution in [2.24, 2.45) is 11.1 Å². The number of piperidine rings is 1. The first kappa shape index (κ1) is 14.4. The van der Waals surface area contributed by atoms with E-state index in [0.29, 0.717) is 5.41 Å². The zero-order valence-corrected chi connectivity index (χ0v) is 13.2. The lowest BCUT2D eigenvalue weighted by Gasteiger charge is -2.38. The van der Waals surface area contributed by atoms with E-state index in [-0.39, 0.29) is 5.84 Å². The molecule has 0 unspecified atom stereocenters. The molecule has 1 aromatic rings. The van der Waals surface area contributed by atoms with Crippen LogP contribution < -0.4 is 10.6 Å². The second-order valence-electron chi connectivity index (χ2n) is 7.24. The van der Waals surface area contributed by atoms with Crippen molar-refractivity contribution in [3.63, 3.8) is 0 Å². The third-order valence-corrected chi connectivity index (χ3v) is 4.99. The molecule has 4 nitrogen and oxygen atoms in total. The number of hydrogen-bond donors (Lipinski definition) is 2. The van der Waals surface area contributed by atoms with E-state index in [4.69, 9.17) is 16.1 Å². The molecule has 1 aliphatic heterocycles. The summed E-state index contributed by atoms with van der Waals surface area (Å²) in [6.45, 7) is 6.69. The highest BCUT2D eigenvalue weighted by atomic mass is 15.2. The summed E-state index contributed by atoms with van der Waals surface area (Å²) in [7, 11) is 0. The second kappa shape index (κ2) is 5.32. The van der Waals surface area contributed by atoms with Gasteiger partial charge in [-0.2, -0.15) is 0 Å². The van der Waals surface area contributed by atoms with Crippen LogP contribution in [0.4, 0.5) is 5.82 Å². The minimum Gasteiger partial charge on any atom is -0.384 e. The Morgan fingerprint density at radius 2 is 1.90 bits per heavy atom. The summed E-state index contributed by atoms with van der Waals surface area (Å²) >= 11 is 0. The van der Waals surface area contributed by atoms with Crippen LogP contribution in [0.3, 0.4) is 0 Å². The number of hydrogen-bond acceptors (Lipinski definition) is 3. The van der Waals surface area contributed by atoms with Gasteiger partial charge in [0.2, 0.25) is 0 Å². The summed E-state index contributed by atoms with van der Waals surface area (Å²) in [5.74, 6) is 1.09. The monoisotopic (exact) mass is 286 g/mol. The topological polar surface area (TPSA) is 66.0 Å². The molecule has 21 heavy (non-hydrogen) atoms. The van der Waals surface area contributed by atoms with E-state index in [1.807, 2.05) is 0 Å². The Bertz CT molecular complexity index is 552. The van der Waals surface area contributed by atoms with Crippen molar-refractivity contribution < 1.29 is 0 Å². The SMILES string of the molecule is CC1(C)CCN(c2nc3c(cc2C(=N)N)CCCC3)CC1. The van der Waals surface area contributed by atoms with Gasteiger partial charge in [0.05, 0.1) is 5.56 Å². The van der Waals surface area contributed by atoms with Crippen LogP contribution in [0.25, 0.3) is 0 Å². The predicted molar refractivity (Wildman–Crippen MR) is 87.1 cm³/mol. The third kappa shape index (κ3) is 2.89. The number of aromatic nitrogens is 1. The Balaban J connectivity index is 1.95. The van der Waals surface area contributed by atoms with Gasteiger partial charge in [0, 0.05) is 18.8 Å². The first-order valence-electron chi connectivity index (χ1n) is 8.08. The molecule has 2 heterocycles. The lowest BCUT2D eigenvalue weighted by Crippen LogP contribution is -2.39. The van der Waals surface area contributed by atoms with Crippen molar-refractivity contribution in [1.29, 1.82) is 5.41 Å². The van der Waals surface area contributed by atoms with E-state index >= 15 is 0 Å². The fourth-order valence-corrected chi connectivity index (χ4v) is 3.39. The number of anilines is 1. The molecular formula is C17H26N4. The van der Waals surface area contributed by atoms with Gasteiger partial charge in [-0.3, -0.25) is 5.41 Å². The molecule has 0 saturated carbocycles. The summed E-state index contributed by atoms with van der Waals surface area (Å²) < 4.78 is 0. The fourth-order valence-electron chi connectivity index (χ4n) is 3.39. The van der Waals surface area contributed by atoms with Crippen molar-refractivity contribution in [2.75, 3.05) is 18.0 Å². The highest BCUT2D eigenvalue weighted by Crippen LogP contribution is 2.34. The van der Waals surface area contributed by atoms with Crippen LogP contribution in [0.1, 0.15) is 56.4 Å². The maximum absolute atomic E-state index is 7.90. The summed E-state index contributed by atoms with van der Waals surface area (Å²) in [6, 6.07) is 2.12. The van der Waals surface area contributed by atoms with Gasteiger partial charge in [-0.1, -0.05) is 13.8 Å². The van der Waals surface area contributed by atoms with E-state index in [2.05, 4.69) is 24.8 Å². The maximum Gasteiger partial charge on any atom is 0.139 e. The molecule has 1 aliphatic carbocycles. The van der Waals surface area contributed by atoms with Crippen LogP contribution in [-0.4, -0.2) is 23.9 Å². The van der Waals surface area contributed by atoms with Crippen molar-refractivity contribution in [3.05, 3.63) is 22.9 Å². The van der Waals surface area contributed by atoms with Crippen molar-refractivity contribution in [3.8, 4) is 0 Å². The Morgan fingerprint density at radius 1 is 1.24 bits per heavy atom.